The number of aromatic nitrogens is 4. The van der Waals surface area contributed by atoms with Gasteiger partial charge in [-0.15, -0.1) is 21.5 Å². The molecule has 0 radical (unpaired) electrons. The molecule has 0 unspecified atom stereocenters. The highest BCUT2D eigenvalue weighted by Crippen LogP contribution is 2.30. The van der Waals surface area contributed by atoms with Gasteiger partial charge in [-0.1, -0.05) is 41.6 Å². The molecule has 5 rings (SSSR count). The summed E-state index contributed by atoms with van der Waals surface area (Å²) in [6.45, 7) is 0.221. The summed E-state index contributed by atoms with van der Waals surface area (Å²) in [7, 11) is 0. The highest BCUT2D eigenvalue weighted by atomic mass is 35.5. The Balaban J connectivity index is 1.61. The van der Waals surface area contributed by atoms with Crippen molar-refractivity contribution >= 4 is 50.7 Å². The standard InChI is InChI=1S/C21H13ClF2N4OS2/c22-15-2-1-3-16(24)14(15)11-31-21-26-25-20-27(10-12-4-6-13(23)7-5-12)19(29)18-17(28(20)21)8-9-30-18/h1-9H,10-11H2. The van der Waals surface area contributed by atoms with E-state index in [4.69, 9.17) is 11.6 Å². The third-order valence-electron chi connectivity index (χ3n) is 4.84. The van der Waals surface area contributed by atoms with Gasteiger partial charge >= 0.3 is 0 Å². The Morgan fingerprint density at radius 2 is 1.87 bits per heavy atom. The maximum Gasteiger partial charge on any atom is 0.273 e. The van der Waals surface area contributed by atoms with Gasteiger partial charge in [-0.05, 0) is 41.3 Å². The fourth-order valence-corrected chi connectivity index (χ4v) is 5.42. The Morgan fingerprint density at radius 3 is 2.65 bits per heavy atom. The van der Waals surface area contributed by atoms with Crippen LogP contribution in [0.2, 0.25) is 5.02 Å². The molecule has 5 nitrogen and oxygen atoms in total. The molecule has 10 heteroatoms. The molecule has 0 aliphatic heterocycles. The summed E-state index contributed by atoms with van der Waals surface area (Å²) in [6, 6.07) is 12.4. The van der Waals surface area contributed by atoms with E-state index >= 15 is 0 Å². The molecule has 3 aromatic heterocycles. The van der Waals surface area contributed by atoms with E-state index in [1.165, 1.54) is 45.9 Å². The van der Waals surface area contributed by atoms with E-state index in [-0.39, 0.29) is 29.5 Å². The third-order valence-corrected chi connectivity index (χ3v) is 7.04. The predicted octanol–water partition coefficient (Wildman–Crippen LogP) is 5.38. The fraction of sp³-hybridized carbons (Fsp3) is 0.0952. The first-order valence-corrected chi connectivity index (χ1v) is 11.4. The Bertz CT molecular complexity index is 1460. The highest BCUT2D eigenvalue weighted by molar-refractivity contribution is 7.98. The summed E-state index contributed by atoms with van der Waals surface area (Å²) >= 11 is 8.76. The van der Waals surface area contributed by atoms with Gasteiger partial charge in [-0.2, -0.15) is 0 Å². The lowest BCUT2D eigenvalue weighted by molar-refractivity contribution is 0.617. The average Bonchev–Trinajstić information content (AvgIpc) is 3.39. The quantitative estimate of drug-likeness (QED) is 0.321. The van der Waals surface area contributed by atoms with Crippen molar-refractivity contribution in [3.8, 4) is 0 Å². The monoisotopic (exact) mass is 474 g/mol. The summed E-state index contributed by atoms with van der Waals surface area (Å²) in [4.78, 5) is 13.1. The third kappa shape index (κ3) is 3.62. The lowest BCUT2D eigenvalue weighted by Gasteiger charge is -2.10. The number of benzene rings is 2. The van der Waals surface area contributed by atoms with Crippen LogP contribution in [0.3, 0.4) is 0 Å². The van der Waals surface area contributed by atoms with E-state index in [1.54, 1.807) is 28.7 Å². The van der Waals surface area contributed by atoms with Crippen LogP contribution in [0.5, 0.6) is 0 Å². The SMILES string of the molecule is O=c1c2sccc2n2c(SCc3c(F)cccc3Cl)nnc2n1Cc1ccc(F)cc1. The van der Waals surface area contributed by atoms with Crippen molar-refractivity contribution in [1.82, 2.24) is 19.2 Å². The number of thiophene rings is 1. The molecule has 0 saturated heterocycles. The Hall–Kier alpha value is -2.75. The molecule has 156 valence electrons. The van der Waals surface area contributed by atoms with Crippen LogP contribution in [0.15, 0.2) is 63.9 Å². The number of hydrogen-bond acceptors (Lipinski definition) is 5. The maximum absolute atomic E-state index is 14.2. The van der Waals surface area contributed by atoms with Gasteiger partial charge < -0.3 is 0 Å². The Labute approximate surface area is 187 Å². The van der Waals surface area contributed by atoms with Crippen molar-refractivity contribution in [3.63, 3.8) is 0 Å². The van der Waals surface area contributed by atoms with Crippen molar-refractivity contribution in [1.29, 1.82) is 0 Å². The largest absolute Gasteiger partial charge is 0.273 e. The summed E-state index contributed by atoms with van der Waals surface area (Å²) in [5, 5.41) is 11.2. The van der Waals surface area contributed by atoms with Crippen molar-refractivity contribution < 1.29 is 8.78 Å². The van der Waals surface area contributed by atoms with Crippen LogP contribution in [0.4, 0.5) is 8.78 Å². The summed E-state index contributed by atoms with van der Waals surface area (Å²) in [5.74, 6) is -0.109. The van der Waals surface area contributed by atoms with Gasteiger partial charge in [0.2, 0.25) is 5.78 Å². The molecular weight excluding hydrogens is 462 g/mol. The number of thioether (sulfide) groups is 1. The van der Waals surface area contributed by atoms with Crippen LogP contribution in [-0.4, -0.2) is 19.2 Å². The number of fused-ring (bicyclic) bond motifs is 3. The van der Waals surface area contributed by atoms with Gasteiger partial charge in [-0.25, -0.2) is 8.78 Å². The van der Waals surface area contributed by atoms with Crippen molar-refractivity contribution in [3.05, 3.63) is 92.0 Å². The minimum absolute atomic E-state index is 0.192. The van der Waals surface area contributed by atoms with Crippen LogP contribution < -0.4 is 5.56 Å². The smallest absolute Gasteiger partial charge is 0.271 e. The highest BCUT2D eigenvalue weighted by Gasteiger charge is 2.19. The molecule has 0 bridgehead atoms. The van der Waals surface area contributed by atoms with Crippen LogP contribution in [0.1, 0.15) is 11.1 Å². The summed E-state index contributed by atoms with van der Waals surface area (Å²) in [6.07, 6.45) is 0. The number of halogens is 3. The molecule has 2 aromatic carbocycles. The van der Waals surface area contributed by atoms with Gasteiger partial charge in [0, 0.05) is 16.3 Å². The lowest BCUT2D eigenvalue weighted by Crippen LogP contribution is -2.23. The molecule has 0 fully saturated rings. The topological polar surface area (TPSA) is 52.2 Å². The molecule has 3 heterocycles. The van der Waals surface area contributed by atoms with E-state index in [0.717, 1.165) is 5.56 Å². The molecule has 5 aromatic rings. The van der Waals surface area contributed by atoms with Crippen LogP contribution >= 0.6 is 34.7 Å². The first kappa shape index (κ1) is 20.2. The normalized spacial score (nSPS) is 11.6. The first-order valence-electron chi connectivity index (χ1n) is 9.18. The second kappa shape index (κ2) is 8.07. The number of rotatable bonds is 5. The predicted molar refractivity (Wildman–Crippen MR) is 119 cm³/mol. The molecule has 0 spiro atoms. The van der Waals surface area contributed by atoms with E-state index < -0.39 is 0 Å². The summed E-state index contributed by atoms with van der Waals surface area (Å²) < 4.78 is 31.3. The van der Waals surface area contributed by atoms with Gasteiger partial charge in [0.25, 0.3) is 5.56 Å². The van der Waals surface area contributed by atoms with Gasteiger partial charge in [-0.3, -0.25) is 13.8 Å². The fourth-order valence-electron chi connectivity index (χ4n) is 3.32. The second-order valence-electron chi connectivity index (χ2n) is 6.76. The average molecular weight is 475 g/mol. The van der Waals surface area contributed by atoms with Crippen LogP contribution in [0, 0.1) is 11.6 Å². The molecule has 0 saturated carbocycles. The van der Waals surface area contributed by atoms with E-state index in [1.807, 2.05) is 11.4 Å². The maximum atomic E-state index is 14.2. The van der Waals surface area contributed by atoms with Crippen molar-refractivity contribution in [2.45, 2.75) is 17.5 Å². The van der Waals surface area contributed by atoms with Crippen molar-refractivity contribution in [2.75, 3.05) is 0 Å². The zero-order valence-electron chi connectivity index (χ0n) is 15.8. The van der Waals surface area contributed by atoms with Crippen LogP contribution in [-0.2, 0) is 12.3 Å². The zero-order chi connectivity index (χ0) is 21.5. The summed E-state index contributed by atoms with van der Waals surface area (Å²) in [5.41, 5.74) is 1.64. The number of nitrogens with zero attached hydrogens (tertiary/aromatic N) is 4. The molecule has 0 atom stereocenters. The van der Waals surface area contributed by atoms with Gasteiger partial charge in [0.1, 0.15) is 16.3 Å². The molecular formula is C21H13ClF2N4OS2. The minimum atomic E-state index is -0.386. The first-order chi connectivity index (χ1) is 15.0. The second-order valence-corrected chi connectivity index (χ2v) is 9.03. The lowest BCUT2D eigenvalue weighted by atomic mass is 10.2. The Kier molecular flexibility index (Phi) is 5.25. The van der Waals surface area contributed by atoms with E-state index in [9.17, 15) is 13.6 Å². The molecule has 0 amide bonds. The number of hydrogen-bond donors (Lipinski definition) is 0. The molecule has 31 heavy (non-hydrogen) atoms. The van der Waals surface area contributed by atoms with Gasteiger partial charge in [0.05, 0.1) is 12.1 Å². The van der Waals surface area contributed by atoms with Crippen LogP contribution in [0.25, 0.3) is 16.0 Å². The minimum Gasteiger partial charge on any atom is -0.271 e. The van der Waals surface area contributed by atoms with Crippen molar-refractivity contribution in [2.24, 2.45) is 0 Å². The molecule has 0 aliphatic carbocycles. The van der Waals surface area contributed by atoms with E-state index in [2.05, 4.69) is 10.2 Å². The Morgan fingerprint density at radius 1 is 1.06 bits per heavy atom. The van der Waals surface area contributed by atoms with E-state index in [0.29, 0.717) is 31.7 Å². The van der Waals surface area contributed by atoms with Gasteiger partial charge in [0.15, 0.2) is 5.16 Å². The zero-order valence-corrected chi connectivity index (χ0v) is 18.1. The molecule has 0 aliphatic rings. The molecule has 0 N–H and O–H groups in total.